The fourth-order valence-corrected chi connectivity index (χ4v) is 2.11. The monoisotopic (exact) mass is 222 g/mol. The van der Waals surface area contributed by atoms with Crippen molar-refractivity contribution in [2.45, 2.75) is 31.5 Å². The molecule has 1 N–H and O–H groups in total. The number of methoxy groups -OCH3 is 1. The van der Waals surface area contributed by atoms with Crippen molar-refractivity contribution in [1.82, 2.24) is 0 Å². The summed E-state index contributed by atoms with van der Waals surface area (Å²) in [5.41, 5.74) is 0.383. The van der Waals surface area contributed by atoms with Gasteiger partial charge in [-0.2, -0.15) is 0 Å². The van der Waals surface area contributed by atoms with Crippen molar-refractivity contribution in [2.75, 3.05) is 13.7 Å². The van der Waals surface area contributed by atoms with Crippen LogP contribution >= 0.6 is 0 Å². The quantitative estimate of drug-likeness (QED) is 0.834. The molecule has 0 amide bonds. The first-order valence-electron chi connectivity index (χ1n) is 5.59. The van der Waals surface area contributed by atoms with Gasteiger partial charge in [-0.25, -0.2) is 0 Å². The Labute approximate surface area is 96.0 Å². The lowest BCUT2D eigenvalue weighted by Gasteiger charge is -2.34. The lowest BCUT2D eigenvalue weighted by atomic mass is 9.89. The summed E-state index contributed by atoms with van der Waals surface area (Å²) in [6.07, 6.45) is 1.24. The fourth-order valence-electron chi connectivity index (χ4n) is 2.11. The third kappa shape index (κ3) is 2.36. The normalized spacial score (nSPS) is 30.1. The van der Waals surface area contributed by atoms with E-state index in [1.807, 2.05) is 31.2 Å². The summed E-state index contributed by atoms with van der Waals surface area (Å²) in [6, 6.07) is 7.81. The summed E-state index contributed by atoms with van der Waals surface area (Å²) in [5.74, 6) is 0.824. The standard InChI is InChI=1S/C13H18O3/c1-13(14)7-8-16-12(9-13)10-5-3-4-6-11(10)15-2/h3-6,12,14H,7-9H2,1-2H3. The highest BCUT2D eigenvalue weighted by Crippen LogP contribution is 2.37. The van der Waals surface area contributed by atoms with E-state index in [1.54, 1.807) is 7.11 Å². The maximum atomic E-state index is 10.0. The van der Waals surface area contributed by atoms with Crippen molar-refractivity contribution in [1.29, 1.82) is 0 Å². The minimum Gasteiger partial charge on any atom is -0.496 e. The molecule has 1 fully saturated rings. The smallest absolute Gasteiger partial charge is 0.124 e. The van der Waals surface area contributed by atoms with Gasteiger partial charge in [-0.3, -0.25) is 0 Å². The summed E-state index contributed by atoms with van der Waals surface area (Å²) in [7, 11) is 1.65. The van der Waals surface area contributed by atoms with Crippen molar-refractivity contribution in [2.24, 2.45) is 0 Å². The second-order valence-electron chi connectivity index (χ2n) is 4.55. The van der Waals surface area contributed by atoms with Crippen molar-refractivity contribution in [3.8, 4) is 5.75 Å². The first-order valence-corrected chi connectivity index (χ1v) is 5.59. The summed E-state index contributed by atoms with van der Waals surface area (Å²) < 4.78 is 11.0. The molecule has 1 aliphatic heterocycles. The van der Waals surface area contributed by atoms with Gasteiger partial charge in [0, 0.05) is 12.0 Å². The highest BCUT2D eigenvalue weighted by Gasteiger charge is 2.32. The van der Waals surface area contributed by atoms with Crippen LogP contribution in [-0.2, 0) is 4.74 Å². The van der Waals surface area contributed by atoms with E-state index in [2.05, 4.69) is 0 Å². The number of hydrogen-bond acceptors (Lipinski definition) is 3. The van der Waals surface area contributed by atoms with Gasteiger partial charge in [0.05, 0.1) is 25.4 Å². The molecule has 3 nitrogen and oxygen atoms in total. The average Bonchev–Trinajstić information content (AvgIpc) is 2.27. The number of para-hydroxylation sites is 1. The van der Waals surface area contributed by atoms with E-state index in [0.29, 0.717) is 19.4 Å². The van der Waals surface area contributed by atoms with Gasteiger partial charge in [-0.1, -0.05) is 18.2 Å². The molecule has 2 rings (SSSR count). The molecule has 0 saturated carbocycles. The molecule has 0 bridgehead atoms. The number of benzene rings is 1. The molecular formula is C13H18O3. The molecule has 3 heteroatoms. The Morgan fingerprint density at radius 1 is 1.44 bits per heavy atom. The fraction of sp³-hybridized carbons (Fsp3) is 0.538. The predicted molar refractivity (Wildman–Crippen MR) is 61.5 cm³/mol. The number of rotatable bonds is 2. The van der Waals surface area contributed by atoms with Crippen LogP contribution < -0.4 is 4.74 Å². The summed E-state index contributed by atoms with van der Waals surface area (Å²) in [4.78, 5) is 0. The first-order chi connectivity index (χ1) is 7.62. The lowest BCUT2D eigenvalue weighted by molar-refractivity contribution is -0.0957. The van der Waals surface area contributed by atoms with E-state index < -0.39 is 5.60 Å². The first kappa shape index (κ1) is 11.4. The van der Waals surface area contributed by atoms with E-state index in [4.69, 9.17) is 9.47 Å². The van der Waals surface area contributed by atoms with Crippen LogP contribution in [-0.4, -0.2) is 24.4 Å². The predicted octanol–water partition coefficient (Wildman–Crippen LogP) is 2.30. The Morgan fingerprint density at radius 2 is 2.19 bits per heavy atom. The van der Waals surface area contributed by atoms with Crippen LogP contribution in [0.2, 0.25) is 0 Å². The Hall–Kier alpha value is -1.06. The molecule has 16 heavy (non-hydrogen) atoms. The largest absolute Gasteiger partial charge is 0.496 e. The molecular weight excluding hydrogens is 204 g/mol. The van der Waals surface area contributed by atoms with Gasteiger partial charge >= 0.3 is 0 Å². The molecule has 1 heterocycles. The van der Waals surface area contributed by atoms with E-state index in [-0.39, 0.29) is 6.10 Å². The maximum absolute atomic E-state index is 10.0. The Balaban J connectivity index is 2.23. The molecule has 88 valence electrons. The number of ether oxygens (including phenoxy) is 2. The number of aliphatic hydroxyl groups is 1. The topological polar surface area (TPSA) is 38.7 Å². The molecule has 2 unspecified atom stereocenters. The Morgan fingerprint density at radius 3 is 2.88 bits per heavy atom. The summed E-state index contributed by atoms with van der Waals surface area (Å²) in [5, 5.41) is 10.0. The van der Waals surface area contributed by atoms with Crippen molar-refractivity contribution in [3.05, 3.63) is 29.8 Å². The van der Waals surface area contributed by atoms with Crippen molar-refractivity contribution in [3.63, 3.8) is 0 Å². The molecule has 2 atom stereocenters. The zero-order valence-electron chi connectivity index (χ0n) is 9.77. The summed E-state index contributed by atoms with van der Waals surface area (Å²) in [6.45, 7) is 2.45. The zero-order valence-corrected chi connectivity index (χ0v) is 9.77. The summed E-state index contributed by atoms with van der Waals surface area (Å²) >= 11 is 0. The van der Waals surface area contributed by atoms with Crippen LogP contribution in [0, 0.1) is 0 Å². The minimum atomic E-state index is -0.635. The van der Waals surface area contributed by atoms with Gasteiger partial charge in [0.1, 0.15) is 5.75 Å². The third-order valence-electron chi connectivity index (χ3n) is 3.07. The SMILES string of the molecule is COc1ccccc1C1CC(C)(O)CCO1. The van der Waals surface area contributed by atoms with Crippen molar-refractivity contribution < 1.29 is 14.6 Å². The highest BCUT2D eigenvalue weighted by molar-refractivity contribution is 5.35. The number of hydrogen-bond donors (Lipinski definition) is 1. The molecule has 1 aliphatic rings. The van der Waals surface area contributed by atoms with Crippen LogP contribution in [0.15, 0.2) is 24.3 Å². The van der Waals surface area contributed by atoms with Gasteiger partial charge in [-0.05, 0) is 19.4 Å². The van der Waals surface area contributed by atoms with Crippen LogP contribution in [0.4, 0.5) is 0 Å². The van der Waals surface area contributed by atoms with E-state index in [0.717, 1.165) is 11.3 Å². The molecule has 0 aliphatic carbocycles. The average molecular weight is 222 g/mol. The maximum Gasteiger partial charge on any atom is 0.124 e. The molecule has 0 radical (unpaired) electrons. The molecule has 1 saturated heterocycles. The molecule has 0 spiro atoms. The second kappa shape index (κ2) is 4.44. The van der Waals surface area contributed by atoms with Gasteiger partial charge in [0.25, 0.3) is 0 Å². The van der Waals surface area contributed by atoms with Crippen molar-refractivity contribution >= 4 is 0 Å². The minimum absolute atomic E-state index is 0.0695. The van der Waals surface area contributed by atoms with Crippen LogP contribution in [0.5, 0.6) is 5.75 Å². The van der Waals surface area contributed by atoms with E-state index in [9.17, 15) is 5.11 Å². The van der Waals surface area contributed by atoms with E-state index >= 15 is 0 Å². The van der Waals surface area contributed by atoms with Crippen LogP contribution in [0.1, 0.15) is 31.4 Å². The van der Waals surface area contributed by atoms with Gasteiger partial charge in [0.15, 0.2) is 0 Å². The van der Waals surface area contributed by atoms with Gasteiger partial charge in [-0.15, -0.1) is 0 Å². The van der Waals surface area contributed by atoms with Gasteiger partial charge in [0.2, 0.25) is 0 Å². The third-order valence-corrected chi connectivity index (χ3v) is 3.07. The van der Waals surface area contributed by atoms with E-state index in [1.165, 1.54) is 0 Å². The Kier molecular flexibility index (Phi) is 3.17. The second-order valence-corrected chi connectivity index (χ2v) is 4.55. The zero-order chi connectivity index (χ0) is 11.6. The van der Waals surface area contributed by atoms with Crippen LogP contribution in [0.25, 0.3) is 0 Å². The highest BCUT2D eigenvalue weighted by atomic mass is 16.5. The molecule has 0 aromatic heterocycles. The van der Waals surface area contributed by atoms with Gasteiger partial charge < -0.3 is 14.6 Å². The van der Waals surface area contributed by atoms with Crippen LogP contribution in [0.3, 0.4) is 0 Å². The Bertz CT molecular complexity index is 360. The molecule has 1 aromatic rings. The lowest BCUT2D eigenvalue weighted by Crippen LogP contribution is -2.34. The molecule has 1 aromatic carbocycles.